The van der Waals surface area contributed by atoms with Gasteiger partial charge in [0.15, 0.2) is 0 Å². The fraction of sp³-hybridized carbons (Fsp3) is 0.143. The minimum absolute atomic E-state index is 0.0260. The number of benzene rings is 3. The summed E-state index contributed by atoms with van der Waals surface area (Å²) < 4.78 is 17.1. The van der Waals surface area contributed by atoms with Gasteiger partial charge in [-0.15, -0.1) is 0 Å². The molecule has 5 rings (SSSR count). The van der Waals surface area contributed by atoms with Crippen LogP contribution in [0.3, 0.4) is 0 Å². The molecule has 0 aliphatic carbocycles. The SMILES string of the molecule is CCc1ccc(C2C(C#N)=C(N)Oc3cc(OC(=O)c4oc5ccc(Cl)cc5c4C)ccc32)cc1. The molecule has 0 saturated heterocycles. The van der Waals surface area contributed by atoms with Crippen molar-refractivity contribution in [2.45, 2.75) is 26.2 Å². The summed E-state index contributed by atoms with van der Waals surface area (Å²) in [6.45, 7) is 3.86. The quantitative estimate of drug-likeness (QED) is 0.266. The van der Waals surface area contributed by atoms with E-state index in [1.165, 1.54) is 5.56 Å². The lowest BCUT2D eigenvalue weighted by atomic mass is 9.83. The van der Waals surface area contributed by atoms with Gasteiger partial charge in [-0.3, -0.25) is 0 Å². The van der Waals surface area contributed by atoms with Gasteiger partial charge in [-0.1, -0.05) is 48.9 Å². The van der Waals surface area contributed by atoms with E-state index in [1.54, 1.807) is 43.3 Å². The maximum atomic E-state index is 12.9. The Morgan fingerprint density at radius 2 is 1.91 bits per heavy atom. The lowest BCUT2D eigenvalue weighted by Gasteiger charge is -2.26. The topological polar surface area (TPSA) is 98.5 Å². The number of esters is 1. The maximum absolute atomic E-state index is 12.9. The van der Waals surface area contributed by atoms with Crippen molar-refractivity contribution in [2.75, 3.05) is 0 Å². The van der Waals surface area contributed by atoms with Crippen LogP contribution in [0.5, 0.6) is 11.5 Å². The Balaban J connectivity index is 1.48. The molecular weight excluding hydrogens is 464 g/mol. The first-order valence-electron chi connectivity index (χ1n) is 11.1. The molecule has 1 aromatic heterocycles. The molecular formula is C28H21ClN2O4. The van der Waals surface area contributed by atoms with E-state index in [9.17, 15) is 10.1 Å². The van der Waals surface area contributed by atoms with Gasteiger partial charge in [0.2, 0.25) is 11.6 Å². The number of carbonyl (C=O) groups is 1. The number of carbonyl (C=O) groups excluding carboxylic acids is 1. The van der Waals surface area contributed by atoms with Crippen LogP contribution >= 0.6 is 11.6 Å². The Morgan fingerprint density at radius 1 is 1.14 bits per heavy atom. The predicted octanol–water partition coefficient (Wildman–Crippen LogP) is 6.39. The van der Waals surface area contributed by atoms with E-state index in [4.69, 9.17) is 31.2 Å². The summed E-state index contributed by atoms with van der Waals surface area (Å²) in [4.78, 5) is 12.9. The van der Waals surface area contributed by atoms with Crippen LogP contribution in [0.25, 0.3) is 11.0 Å². The number of fused-ring (bicyclic) bond motifs is 2. The van der Waals surface area contributed by atoms with Crippen LogP contribution in [0, 0.1) is 18.3 Å². The standard InChI is InChI=1S/C28H21ClN2O4/c1-3-16-4-6-17(7-5-16)25-20-10-9-19(13-24(20)35-27(31)22(25)14-30)33-28(32)26-15(2)21-12-18(29)8-11-23(21)34-26/h4-13,25H,3,31H2,1-2H3. The Morgan fingerprint density at radius 3 is 2.63 bits per heavy atom. The number of nitrogens with two attached hydrogens (primary N) is 1. The fourth-order valence-electron chi connectivity index (χ4n) is 4.33. The van der Waals surface area contributed by atoms with E-state index in [0.29, 0.717) is 27.5 Å². The van der Waals surface area contributed by atoms with Crippen LogP contribution < -0.4 is 15.2 Å². The van der Waals surface area contributed by atoms with E-state index in [0.717, 1.165) is 22.9 Å². The van der Waals surface area contributed by atoms with E-state index >= 15 is 0 Å². The summed E-state index contributed by atoms with van der Waals surface area (Å²) in [5, 5.41) is 11.1. The largest absolute Gasteiger partial charge is 0.449 e. The van der Waals surface area contributed by atoms with Crippen molar-refractivity contribution in [1.82, 2.24) is 0 Å². The first-order chi connectivity index (χ1) is 16.9. The highest BCUT2D eigenvalue weighted by Gasteiger charge is 2.31. The number of halogens is 1. The van der Waals surface area contributed by atoms with Crippen LogP contribution in [0.4, 0.5) is 0 Å². The summed E-state index contributed by atoms with van der Waals surface area (Å²) in [5.74, 6) is -0.219. The molecule has 0 saturated carbocycles. The number of nitriles is 1. The molecule has 4 aromatic rings. The average molecular weight is 485 g/mol. The van der Waals surface area contributed by atoms with Crippen LogP contribution in [-0.4, -0.2) is 5.97 Å². The predicted molar refractivity (Wildman–Crippen MR) is 132 cm³/mol. The van der Waals surface area contributed by atoms with E-state index in [1.807, 2.05) is 24.3 Å². The third-order valence-corrected chi connectivity index (χ3v) is 6.44. The lowest BCUT2D eigenvalue weighted by Crippen LogP contribution is -2.21. The molecule has 0 fully saturated rings. The summed E-state index contributed by atoms with van der Waals surface area (Å²) in [5.41, 5.74) is 10.5. The lowest BCUT2D eigenvalue weighted by molar-refractivity contribution is 0.0702. The first kappa shape index (κ1) is 22.6. The molecule has 0 bridgehead atoms. The second-order valence-electron chi connectivity index (χ2n) is 8.31. The molecule has 0 amide bonds. The smallest absolute Gasteiger partial charge is 0.379 e. The molecule has 7 heteroatoms. The summed E-state index contributed by atoms with van der Waals surface area (Å²) in [6.07, 6.45) is 0.917. The number of nitrogens with zero attached hydrogens (tertiary/aromatic N) is 1. The minimum atomic E-state index is -0.640. The number of rotatable bonds is 4. The Kier molecular flexibility index (Phi) is 5.72. The summed E-state index contributed by atoms with van der Waals surface area (Å²) in [6, 6.07) is 20.4. The van der Waals surface area contributed by atoms with E-state index in [2.05, 4.69) is 13.0 Å². The van der Waals surface area contributed by atoms with Gasteiger partial charge in [0.25, 0.3) is 0 Å². The fourth-order valence-corrected chi connectivity index (χ4v) is 4.50. The first-order valence-corrected chi connectivity index (χ1v) is 11.5. The molecule has 1 atom stereocenters. The van der Waals surface area contributed by atoms with Gasteiger partial charge in [0, 0.05) is 27.6 Å². The summed E-state index contributed by atoms with van der Waals surface area (Å²) in [7, 11) is 0. The zero-order valence-corrected chi connectivity index (χ0v) is 19.8. The molecule has 0 spiro atoms. The van der Waals surface area contributed by atoms with E-state index in [-0.39, 0.29) is 23.3 Å². The molecule has 174 valence electrons. The highest BCUT2D eigenvalue weighted by atomic mass is 35.5. The van der Waals surface area contributed by atoms with Crippen LogP contribution in [0.15, 0.2) is 76.5 Å². The molecule has 1 aliphatic heterocycles. The molecule has 0 radical (unpaired) electrons. The molecule has 2 N–H and O–H groups in total. The van der Waals surface area contributed by atoms with Gasteiger partial charge in [-0.2, -0.15) is 5.26 Å². The van der Waals surface area contributed by atoms with Crippen molar-refractivity contribution in [3.05, 3.63) is 105 Å². The van der Waals surface area contributed by atoms with Gasteiger partial charge in [-0.05, 0) is 48.7 Å². The number of allylic oxidation sites excluding steroid dienone is 1. The van der Waals surface area contributed by atoms with Crippen molar-refractivity contribution in [3.63, 3.8) is 0 Å². The zero-order valence-electron chi connectivity index (χ0n) is 19.1. The van der Waals surface area contributed by atoms with Crippen molar-refractivity contribution < 1.29 is 18.7 Å². The molecule has 6 nitrogen and oxygen atoms in total. The average Bonchev–Trinajstić information content (AvgIpc) is 3.19. The molecule has 1 aliphatic rings. The number of aryl methyl sites for hydroxylation is 2. The molecule has 1 unspecified atom stereocenters. The Hall–Kier alpha value is -4.21. The van der Waals surface area contributed by atoms with Gasteiger partial charge in [-0.25, -0.2) is 4.79 Å². The highest BCUT2D eigenvalue weighted by molar-refractivity contribution is 6.31. The van der Waals surface area contributed by atoms with Crippen LogP contribution in [0.1, 0.15) is 45.7 Å². The zero-order chi connectivity index (χ0) is 24.7. The Labute approximate surface area is 207 Å². The molecule has 2 heterocycles. The van der Waals surface area contributed by atoms with Gasteiger partial charge in [0.1, 0.15) is 28.7 Å². The normalized spacial score (nSPS) is 14.9. The molecule has 3 aromatic carbocycles. The number of ether oxygens (including phenoxy) is 2. The van der Waals surface area contributed by atoms with Crippen molar-refractivity contribution in [1.29, 1.82) is 5.26 Å². The third-order valence-electron chi connectivity index (χ3n) is 6.21. The van der Waals surface area contributed by atoms with Crippen molar-refractivity contribution in [3.8, 4) is 17.6 Å². The number of hydrogen-bond donors (Lipinski definition) is 1. The van der Waals surface area contributed by atoms with Gasteiger partial charge in [0.05, 0.1) is 5.92 Å². The highest BCUT2D eigenvalue weighted by Crippen LogP contribution is 2.43. The van der Waals surface area contributed by atoms with Gasteiger partial charge >= 0.3 is 5.97 Å². The Bertz CT molecular complexity index is 1540. The monoisotopic (exact) mass is 484 g/mol. The molecule has 35 heavy (non-hydrogen) atoms. The van der Waals surface area contributed by atoms with Crippen LogP contribution in [-0.2, 0) is 6.42 Å². The van der Waals surface area contributed by atoms with Crippen LogP contribution in [0.2, 0.25) is 5.02 Å². The van der Waals surface area contributed by atoms with Crippen molar-refractivity contribution in [2.24, 2.45) is 5.73 Å². The second kappa shape index (κ2) is 8.86. The van der Waals surface area contributed by atoms with Crippen molar-refractivity contribution >= 4 is 28.5 Å². The third kappa shape index (κ3) is 4.01. The van der Waals surface area contributed by atoms with E-state index < -0.39 is 5.97 Å². The summed E-state index contributed by atoms with van der Waals surface area (Å²) >= 11 is 6.07. The number of hydrogen-bond acceptors (Lipinski definition) is 6. The number of furan rings is 1. The minimum Gasteiger partial charge on any atom is -0.449 e. The second-order valence-corrected chi connectivity index (χ2v) is 8.74. The van der Waals surface area contributed by atoms with Gasteiger partial charge < -0.3 is 19.6 Å². The maximum Gasteiger partial charge on any atom is 0.379 e.